The van der Waals surface area contributed by atoms with Crippen LogP contribution in [0.2, 0.25) is 0 Å². The zero-order valence-electron chi connectivity index (χ0n) is 7.48. The van der Waals surface area contributed by atoms with Gasteiger partial charge in [0.25, 0.3) is 0 Å². The molecule has 14 heavy (non-hydrogen) atoms. The minimum absolute atomic E-state index is 0.154. The van der Waals surface area contributed by atoms with Crippen molar-refractivity contribution in [2.75, 3.05) is 7.11 Å². The van der Waals surface area contributed by atoms with Crippen LogP contribution in [-0.2, 0) is 4.74 Å². The molecule has 1 heterocycles. The molecule has 3 nitrogen and oxygen atoms in total. The number of aromatic hydroxyl groups is 1. The topological polar surface area (TPSA) is 46.5 Å². The zero-order valence-corrected chi connectivity index (χ0v) is 8.30. The van der Waals surface area contributed by atoms with Crippen molar-refractivity contribution in [3.8, 4) is 5.06 Å². The second-order valence-electron chi connectivity index (χ2n) is 2.77. The molecule has 0 fully saturated rings. The predicted molar refractivity (Wildman–Crippen MR) is 54.8 cm³/mol. The van der Waals surface area contributed by atoms with Crippen molar-refractivity contribution in [2.45, 2.75) is 0 Å². The first-order chi connectivity index (χ1) is 6.74. The Morgan fingerprint density at radius 1 is 1.36 bits per heavy atom. The lowest BCUT2D eigenvalue weighted by Crippen LogP contribution is -1.97. The molecule has 2 rings (SSSR count). The largest absolute Gasteiger partial charge is 0.499 e. The molecule has 0 aliphatic rings. The summed E-state index contributed by atoms with van der Waals surface area (Å²) in [6, 6.07) is 7.20. The van der Waals surface area contributed by atoms with Gasteiger partial charge in [-0.15, -0.1) is 0 Å². The van der Waals surface area contributed by atoms with Crippen LogP contribution in [0.5, 0.6) is 5.06 Å². The maximum absolute atomic E-state index is 11.3. The Morgan fingerprint density at radius 2 is 2.00 bits per heavy atom. The predicted octanol–water partition coefficient (Wildman–Crippen LogP) is 2.39. The van der Waals surface area contributed by atoms with E-state index in [1.807, 2.05) is 12.1 Å². The zero-order chi connectivity index (χ0) is 10.1. The van der Waals surface area contributed by atoms with E-state index in [0.29, 0.717) is 10.3 Å². The van der Waals surface area contributed by atoms with Crippen molar-refractivity contribution in [3.05, 3.63) is 29.1 Å². The summed E-state index contributed by atoms with van der Waals surface area (Å²) >= 11 is 1.04. The summed E-state index contributed by atoms with van der Waals surface area (Å²) in [5, 5.41) is 11.1. The van der Waals surface area contributed by atoms with Gasteiger partial charge in [0.15, 0.2) is 5.06 Å². The van der Waals surface area contributed by atoms with Crippen LogP contribution in [0.3, 0.4) is 0 Å². The van der Waals surface area contributed by atoms with Gasteiger partial charge in [0.05, 0.1) is 7.11 Å². The summed E-state index contributed by atoms with van der Waals surface area (Å²) in [5.41, 5.74) is 0. The monoisotopic (exact) mass is 208 g/mol. The van der Waals surface area contributed by atoms with Gasteiger partial charge in [-0.3, -0.25) is 0 Å². The lowest BCUT2D eigenvalue weighted by Gasteiger charge is -1.94. The minimum Gasteiger partial charge on any atom is -0.499 e. The third-order valence-electron chi connectivity index (χ3n) is 1.97. The van der Waals surface area contributed by atoms with Gasteiger partial charge in [0, 0.05) is 10.8 Å². The molecule has 0 radical (unpaired) electrons. The van der Waals surface area contributed by atoms with Crippen LogP contribution in [0.15, 0.2) is 24.3 Å². The summed E-state index contributed by atoms with van der Waals surface area (Å²) in [7, 11) is 1.33. The molecule has 2 aromatic rings. The lowest BCUT2D eigenvalue weighted by molar-refractivity contribution is 0.0608. The number of carbonyl (C=O) groups is 1. The second-order valence-corrected chi connectivity index (χ2v) is 3.77. The number of esters is 1. The number of hydrogen-bond acceptors (Lipinski definition) is 4. The summed E-state index contributed by atoms with van der Waals surface area (Å²) in [6.07, 6.45) is 0. The minimum atomic E-state index is -0.411. The Hall–Kier alpha value is -1.55. The Kier molecular flexibility index (Phi) is 2.13. The van der Waals surface area contributed by atoms with E-state index in [2.05, 4.69) is 4.74 Å². The van der Waals surface area contributed by atoms with Crippen LogP contribution in [0, 0.1) is 0 Å². The van der Waals surface area contributed by atoms with Crippen LogP contribution in [0.4, 0.5) is 0 Å². The van der Waals surface area contributed by atoms with Crippen LogP contribution in [0.25, 0.3) is 10.8 Å². The summed E-state index contributed by atoms with van der Waals surface area (Å²) in [4.78, 5) is 11.8. The lowest BCUT2D eigenvalue weighted by atomic mass is 10.2. The van der Waals surface area contributed by atoms with Gasteiger partial charge in [-0.25, -0.2) is 4.79 Å². The molecule has 0 aliphatic carbocycles. The van der Waals surface area contributed by atoms with Gasteiger partial charge in [-0.1, -0.05) is 29.5 Å². The molecular formula is C10H8O3S. The van der Waals surface area contributed by atoms with E-state index in [9.17, 15) is 9.90 Å². The SMILES string of the molecule is COC(=O)c1sc(O)c2ccccc12. The molecular weight excluding hydrogens is 200 g/mol. The Balaban J connectivity index is 2.72. The molecule has 1 aromatic carbocycles. The third kappa shape index (κ3) is 1.24. The first-order valence-electron chi connectivity index (χ1n) is 4.03. The van der Waals surface area contributed by atoms with E-state index in [4.69, 9.17) is 0 Å². The van der Waals surface area contributed by atoms with Gasteiger partial charge in [0.1, 0.15) is 4.88 Å². The van der Waals surface area contributed by atoms with Crippen molar-refractivity contribution >= 4 is 28.1 Å². The molecule has 0 aliphatic heterocycles. The molecule has 0 saturated carbocycles. The number of fused-ring (bicyclic) bond motifs is 1. The van der Waals surface area contributed by atoms with E-state index in [0.717, 1.165) is 16.7 Å². The number of benzene rings is 1. The van der Waals surface area contributed by atoms with E-state index in [-0.39, 0.29) is 5.06 Å². The average Bonchev–Trinajstić information content (AvgIpc) is 2.56. The normalized spacial score (nSPS) is 10.4. The first kappa shape index (κ1) is 9.02. The highest BCUT2D eigenvalue weighted by molar-refractivity contribution is 7.17. The molecule has 0 unspecified atom stereocenters. The van der Waals surface area contributed by atoms with E-state index in [1.54, 1.807) is 12.1 Å². The number of rotatable bonds is 1. The van der Waals surface area contributed by atoms with Crippen LogP contribution < -0.4 is 0 Å². The number of ether oxygens (including phenoxy) is 1. The molecule has 1 aromatic heterocycles. The second kappa shape index (κ2) is 3.31. The summed E-state index contributed by atoms with van der Waals surface area (Å²) < 4.78 is 4.62. The van der Waals surface area contributed by atoms with Crippen molar-refractivity contribution in [1.29, 1.82) is 0 Å². The fourth-order valence-electron chi connectivity index (χ4n) is 1.32. The average molecular weight is 208 g/mol. The molecule has 0 saturated heterocycles. The number of thiophene rings is 1. The molecule has 0 atom stereocenters. The van der Waals surface area contributed by atoms with Gasteiger partial charge >= 0.3 is 5.97 Å². The Morgan fingerprint density at radius 3 is 2.64 bits per heavy atom. The van der Waals surface area contributed by atoms with Gasteiger partial charge < -0.3 is 9.84 Å². The van der Waals surface area contributed by atoms with E-state index in [1.165, 1.54) is 7.11 Å². The highest BCUT2D eigenvalue weighted by Crippen LogP contribution is 2.36. The van der Waals surface area contributed by atoms with E-state index >= 15 is 0 Å². The van der Waals surface area contributed by atoms with Crippen LogP contribution >= 0.6 is 11.3 Å². The maximum atomic E-state index is 11.3. The van der Waals surface area contributed by atoms with Crippen molar-refractivity contribution < 1.29 is 14.6 Å². The quantitative estimate of drug-likeness (QED) is 0.732. The van der Waals surface area contributed by atoms with Gasteiger partial charge in [-0.05, 0) is 6.07 Å². The molecule has 1 N–H and O–H groups in total. The third-order valence-corrected chi connectivity index (χ3v) is 2.98. The van der Waals surface area contributed by atoms with Crippen molar-refractivity contribution in [1.82, 2.24) is 0 Å². The summed E-state index contributed by atoms with van der Waals surface area (Å²) in [5.74, 6) is -0.411. The Labute approximate surface area is 84.6 Å². The first-order valence-corrected chi connectivity index (χ1v) is 4.84. The van der Waals surface area contributed by atoms with Crippen molar-refractivity contribution in [3.63, 3.8) is 0 Å². The van der Waals surface area contributed by atoms with E-state index < -0.39 is 5.97 Å². The number of methoxy groups -OCH3 is 1. The van der Waals surface area contributed by atoms with Gasteiger partial charge in [0.2, 0.25) is 0 Å². The fourth-order valence-corrected chi connectivity index (χ4v) is 2.25. The molecule has 0 bridgehead atoms. The molecule has 0 spiro atoms. The highest BCUT2D eigenvalue weighted by Gasteiger charge is 2.16. The highest BCUT2D eigenvalue weighted by atomic mass is 32.1. The smallest absolute Gasteiger partial charge is 0.348 e. The van der Waals surface area contributed by atoms with Gasteiger partial charge in [-0.2, -0.15) is 0 Å². The Bertz CT molecular complexity index is 487. The number of carbonyl (C=O) groups excluding carboxylic acids is 1. The molecule has 4 heteroatoms. The molecule has 72 valence electrons. The standard InChI is InChI=1S/C10H8O3S/c1-13-9(11)8-6-4-2-3-5-7(6)10(12)14-8/h2-5,12H,1H3. The molecule has 0 amide bonds. The number of hydrogen-bond donors (Lipinski definition) is 1. The summed E-state index contributed by atoms with van der Waals surface area (Å²) in [6.45, 7) is 0. The van der Waals surface area contributed by atoms with Crippen LogP contribution in [-0.4, -0.2) is 18.2 Å². The fraction of sp³-hybridized carbons (Fsp3) is 0.100. The maximum Gasteiger partial charge on any atom is 0.348 e. The van der Waals surface area contributed by atoms with Crippen LogP contribution in [0.1, 0.15) is 9.67 Å². The van der Waals surface area contributed by atoms with Crippen molar-refractivity contribution in [2.24, 2.45) is 0 Å².